The fourth-order valence-electron chi connectivity index (χ4n) is 1.66. The Morgan fingerprint density at radius 2 is 2.05 bits per heavy atom. The van der Waals surface area contributed by atoms with Crippen molar-refractivity contribution in [2.24, 2.45) is 0 Å². The summed E-state index contributed by atoms with van der Waals surface area (Å²) in [5, 5.41) is 10.7. The average Bonchev–Trinajstić information content (AvgIpc) is 2.32. The van der Waals surface area contributed by atoms with Gasteiger partial charge in [0.2, 0.25) is 0 Å². The maximum absolute atomic E-state index is 13.7. The zero-order chi connectivity index (χ0) is 14.0. The van der Waals surface area contributed by atoms with Gasteiger partial charge in [-0.05, 0) is 23.8 Å². The van der Waals surface area contributed by atoms with Crippen molar-refractivity contribution in [1.29, 1.82) is 0 Å². The zero-order valence-corrected chi connectivity index (χ0v) is 12.7. The highest BCUT2D eigenvalue weighted by Gasteiger charge is 2.16. The molecule has 1 unspecified atom stereocenters. The lowest BCUT2D eigenvalue weighted by Crippen LogP contribution is -2.06. The molecule has 0 aliphatic rings. The molecule has 1 aromatic carbocycles. The third-order valence-electron chi connectivity index (χ3n) is 2.58. The Kier molecular flexibility index (Phi) is 4.79. The van der Waals surface area contributed by atoms with Crippen LogP contribution < -0.4 is 0 Å². The van der Waals surface area contributed by atoms with E-state index < -0.39 is 11.9 Å². The molecular weight excluding hydrogens is 356 g/mol. The van der Waals surface area contributed by atoms with Crippen LogP contribution in [-0.4, -0.2) is 10.1 Å². The minimum absolute atomic E-state index is 0.0907. The second kappa shape index (κ2) is 6.18. The van der Waals surface area contributed by atoms with Gasteiger partial charge in [0.05, 0.1) is 15.7 Å². The molecule has 1 aromatic heterocycles. The normalized spacial score (nSPS) is 12.5. The molecule has 6 heteroatoms. The van der Waals surface area contributed by atoms with Crippen LogP contribution in [0.4, 0.5) is 4.39 Å². The molecule has 0 saturated heterocycles. The third-order valence-corrected chi connectivity index (χ3v) is 3.58. The number of hydrogen-bond donors (Lipinski definition) is 1. The van der Waals surface area contributed by atoms with Crippen LogP contribution in [0.5, 0.6) is 0 Å². The molecule has 0 bridgehead atoms. The standard InChI is InChI=1S/C13H9BrCl2FNO/c14-8-2-1-7(11(17)4-8)3-12(19)13-10(16)5-9(15)6-18-13/h1-2,4-6,12,19H,3H2. The van der Waals surface area contributed by atoms with E-state index >= 15 is 0 Å². The van der Waals surface area contributed by atoms with Crippen LogP contribution in [0, 0.1) is 5.82 Å². The first-order chi connectivity index (χ1) is 8.97. The van der Waals surface area contributed by atoms with Crippen LogP contribution in [0.25, 0.3) is 0 Å². The van der Waals surface area contributed by atoms with Gasteiger partial charge in [0, 0.05) is 17.1 Å². The first-order valence-corrected chi connectivity index (χ1v) is 6.95. The predicted octanol–water partition coefficient (Wildman–Crippen LogP) is 4.57. The van der Waals surface area contributed by atoms with E-state index in [2.05, 4.69) is 20.9 Å². The molecule has 0 saturated carbocycles. The summed E-state index contributed by atoms with van der Waals surface area (Å²) in [5.41, 5.74) is 0.678. The summed E-state index contributed by atoms with van der Waals surface area (Å²) < 4.78 is 14.3. The van der Waals surface area contributed by atoms with Gasteiger partial charge in [-0.1, -0.05) is 45.2 Å². The van der Waals surface area contributed by atoms with Gasteiger partial charge in [-0.15, -0.1) is 0 Å². The Balaban J connectivity index is 2.23. The molecule has 1 heterocycles. The number of aliphatic hydroxyl groups excluding tert-OH is 1. The summed E-state index contributed by atoms with van der Waals surface area (Å²) in [6.45, 7) is 0. The maximum Gasteiger partial charge on any atom is 0.127 e. The maximum atomic E-state index is 13.7. The van der Waals surface area contributed by atoms with Crippen LogP contribution in [0.2, 0.25) is 10.0 Å². The Bertz CT molecular complexity index is 609. The van der Waals surface area contributed by atoms with E-state index in [4.69, 9.17) is 23.2 Å². The van der Waals surface area contributed by atoms with Crippen LogP contribution in [0.1, 0.15) is 17.4 Å². The highest BCUT2D eigenvalue weighted by molar-refractivity contribution is 9.10. The molecule has 19 heavy (non-hydrogen) atoms. The number of pyridine rings is 1. The smallest absolute Gasteiger partial charge is 0.127 e. The highest BCUT2D eigenvalue weighted by Crippen LogP contribution is 2.27. The van der Waals surface area contributed by atoms with E-state index in [-0.39, 0.29) is 17.1 Å². The van der Waals surface area contributed by atoms with Gasteiger partial charge in [-0.2, -0.15) is 0 Å². The van der Waals surface area contributed by atoms with Crippen LogP contribution in [0.3, 0.4) is 0 Å². The molecule has 1 N–H and O–H groups in total. The first-order valence-electron chi connectivity index (χ1n) is 5.40. The van der Waals surface area contributed by atoms with E-state index in [1.165, 1.54) is 18.3 Å². The summed E-state index contributed by atoms with van der Waals surface area (Å²) in [7, 11) is 0. The fraction of sp³-hybridized carbons (Fsp3) is 0.154. The molecule has 2 rings (SSSR count). The number of benzene rings is 1. The fourth-order valence-corrected chi connectivity index (χ4v) is 2.50. The van der Waals surface area contributed by atoms with Gasteiger partial charge in [0.25, 0.3) is 0 Å². The quantitative estimate of drug-likeness (QED) is 0.865. The summed E-state index contributed by atoms with van der Waals surface area (Å²) in [6, 6.07) is 6.15. The van der Waals surface area contributed by atoms with Crippen molar-refractivity contribution in [2.45, 2.75) is 12.5 Å². The van der Waals surface area contributed by atoms with E-state index in [1.807, 2.05) is 0 Å². The molecule has 0 aliphatic heterocycles. The monoisotopic (exact) mass is 363 g/mol. The Morgan fingerprint density at radius 3 is 2.68 bits per heavy atom. The highest BCUT2D eigenvalue weighted by atomic mass is 79.9. The zero-order valence-electron chi connectivity index (χ0n) is 9.58. The molecule has 1 atom stereocenters. The largest absolute Gasteiger partial charge is 0.386 e. The van der Waals surface area contributed by atoms with E-state index in [0.717, 1.165) is 0 Å². The number of aromatic nitrogens is 1. The van der Waals surface area contributed by atoms with Crippen LogP contribution in [0.15, 0.2) is 34.9 Å². The molecular formula is C13H9BrCl2FNO. The molecule has 0 aliphatic carbocycles. The van der Waals surface area contributed by atoms with Crippen molar-refractivity contribution in [3.8, 4) is 0 Å². The molecule has 2 nitrogen and oxygen atoms in total. The Labute approximate surface area is 128 Å². The van der Waals surface area contributed by atoms with E-state index in [1.54, 1.807) is 12.1 Å². The second-order valence-corrected chi connectivity index (χ2v) is 5.74. The summed E-state index contributed by atoms with van der Waals surface area (Å²) in [6.07, 6.45) is 0.498. The predicted molar refractivity (Wildman–Crippen MR) is 77.0 cm³/mol. The SMILES string of the molecule is OC(Cc1ccc(Br)cc1F)c1ncc(Cl)cc1Cl. The van der Waals surface area contributed by atoms with Crippen LogP contribution >= 0.6 is 39.1 Å². The third kappa shape index (κ3) is 3.66. The van der Waals surface area contributed by atoms with Crippen molar-refractivity contribution in [1.82, 2.24) is 4.98 Å². The van der Waals surface area contributed by atoms with Crippen molar-refractivity contribution in [3.63, 3.8) is 0 Å². The van der Waals surface area contributed by atoms with Crippen molar-refractivity contribution < 1.29 is 9.50 Å². The lowest BCUT2D eigenvalue weighted by atomic mass is 10.0. The molecule has 100 valence electrons. The van der Waals surface area contributed by atoms with Gasteiger partial charge < -0.3 is 5.11 Å². The summed E-state index contributed by atoms with van der Waals surface area (Å²) in [4.78, 5) is 3.98. The molecule has 0 radical (unpaired) electrons. The van der Waals surface area contributed by atoms with E-state index in [9.17, 15) is 9.50 Å². The van der Waals surface area contributed by atoms with E-state index in [0.29, 0.717) is 15.1 Å². The number of halogens is 4. The Morgan fingerprint density at radius 1 is 1.32 bits per heavy atom. The molecule has 0 amide bonds. The average molecular weight is 365 g/mol. The minimum atomic E-state index is -0.986. The van der Waals surface area contributed by atoms with Gasteiger partial charge in [-0.25, -0.2) is 4.39 Å². The number of hydrogen-bond acceptors (Lipinski definition) is 2. The number of nitrogens with zero attached hydrogens (tertiary/aromatic N) is 1. The summed E-state index contributed by atoms with van der Waals surface area (Å²) >= 11 is 14.9. The second-order valence-electron chi connectivity index (χ2n) is 3.98. The van der Waals surface area contributed by atoms with Gasteiger partial charge in [0.1, 0.15) is 11.9 Å². The molecule has 0 fully saturated rings. The van der Waals surface area contributed by atoms with Gasteiger partial charge >= 0.3 is 0 Å². The van der Waals surface area contributed by atoms with Crippen LogP contribution in [-0.2, 0) is 6.42 Å². The van der Waals surface area contributed by atoms with Gasteiger partial charge in [-0.3, -0.25) is 4.98 Å². The van der Waals surface area contributed by atoms with Crippen molar-refractivity contribution >= 4 is 39.1 Å². The minimum Gasteiger partial charge on any atom is -0.386 e. The number of aliphatic hydroxyl groups is 1. The van der Waals surface area contributed by atoms with Gasteiger partial charge in [0.15, 0.2) is 0 Å². The summed E-state index contributed by atoms with van der Waals surface area (Å²) in [5.74, 6) is -0.390. The topological polar surface area (TPSA) is 33.1 Å². The van der Waals surface area contributed by atoms with Crippen molar-refractivity contribution in [2.75, 3.05) is 0 Å². The lowest BCUT2D eigenvalue weighted by molar-refractivity contribution is 0.172. The van der Waals surface area contributed by atoms with Crippen molar-refractivity contribution in [3.05, 3.63) is 62.1 Å². The Hall–Kier alpha value is -0.680. The number of rotatable bonds is 3. The lowest BCUT2D eigenvalue weighted by Gasteiger charge is -2.12. The molecule has 2 aromatic rings. The first kappa shape index (κ1) is 14.7. The molecule has 0 spiro atoms.